The zero-order chi connectivity index (χ0) is 15.4. The van der Waals surface area contributed by atoms with Gasteiger partial charge in [-0.2, -0.15) is 0 Å². The molecule has 0 saturated heterocycles. The Morgan fingerprint density at radius 3 is 2.45 bits per heavy atom. The van der Waals surface area contributed by atoms with Gasteiger partial charge in [-0.1, -0.05) is 25.4 Å². The monoisotopic (exact) mass is 300 g/mol. The number of rotatable bonds is 5. The summed E-state index contributed by atoms with van der Waals surface area (Å²) in [5, 5.41) is 22.0. The Morgan fingerprint density at radius 1 is 1.35 bits per heavy atom. The second-order valence-corrected chi connectivity index (χ2v) is 4.73. The molecular formula is C12H13ClN2O5. The number of aliphatic carboxylic acids is 1. The van der Waals surface area contributed by atoms with Crippen LogP contribution in [-0.4, -0.2) is 21.9 Å². The van der Waals surface area contributed by atoms with Crippen molar-refractivity contribution in [2.24, 2.45) is 11.8 Å². The summed E-state index contributed by atoms with van der Waals surface area (Å²) >= 11 is 5.84. The standard InChI is InChI=1S/C12H13ClN2O5/c1-6(7(2)12(17)18)11(16)14-10-5-8(15(19)20)3-4-9(10)13/h3-7H,1-2H3,(H,14,16)(H,17,18). The van der Waals surface area contributed by atoms with Crippen molar-refractivity contribution in [2.45, 2.75) is 13.8 Å². The molecule has 0 aliphatic rings. The number of nitrogens with one attached hydrogen (secondary N) is 1. The van der Waals surface area contributed by atoms with E-state index in [0.29, 0.717) is 0 Å². The van der Waals surface area contributed by atoms with Gasteiger partial charge in [-0.3, -0.25) is 19.7 Å². The summed E-state index contributed by atoms with van der Waals surface area (Å²) in [6, 6.07) is 3.63. The zero-order valence-electron chi connectivity index (χ0n) is 10.8. The van der Waals surface area contributed by atoms with Crippen molar-refractivity contribution in [2.75, 3.05) is 5.32 Å². The molecule has 8 heteroatoms. The first-order chi connectivity index (χ1) is 9.23. The third kappa shape index (κ3) is 3.67. The first-order valence-corrected chi connectivity index (χ1v) is 6.09. The van der Waals surface area contributed by atoms with Crippen LogP contribution in [0.1, 0.15) is 13.8 Å². The smallest absolute Gasteiger partial charge is 0.307 e. The predicted molar refractivity (Wildman–Crippen MR) is 72.7 cm³/mol. The van der Waals surface area contributed by atoms with Gasteiger partial charge in [0.1, 0.15) is 0 Å². The van der Waals surface area contributed by atoms with E-state index in [9.17, 15) is 19.7 Å². The molecule has 7 nitrogen and oxygen atoms in total. The third-order valence-corrected chi connectivity index (χ3v) is 3.30. The topological polar surface area (TPSA) is 110 Å². The highest BCUT2D eigenvalue weighted by atomic mass is 35.5. The van der Waals surface area contributed by atoms with Crippen molar-refractivity contribution >= 4 is 34.9 Å². The summed E-state index contributed by atoms with van der Waals surface area (Å²) < 4.78 is 0. The summed E-state index contributed by atoms with van der Waals surface area (Å²) in [4.78, 5) is 32.7. The number of nitro groups is 1. The number of carbonyl (C=O) groups is 2. The van der Waals surface area contributed by atoms with Crippen molar-refractivity contribution in [3.63, 3.8) is 0 Å². The number of carbonyl (C=O) groups excluding carboxylic acids is 1. The Morgan fingerprint density at radius 2 is 1.95 bits per heavy atom. The average molecular weight is 301 g/mol. The number of non-ortho nitro benzene ring substituents is 1. The van der Waals surface area contributed by atoms with Crippen LogP contribution in [0.2, 0.25) is 5.02 Å². The Balaban J connectivity index is 2.93. The Labute approximate surface area is 119 Å². The van der Waals surface area contributed by atoms with Gasteiger partial charge in [0, 0.05) is 18.1 Å². The molecule has 0 aliphatic carbocycles. The summed E-state index contributed by atoms with van der Waals surface area (Å²) in [7, 11) is 0. The van der Waals surface area contributed by atoms with E-state index in [1.54, 1.807) is 0 Å². The lowest BCUT2D eigenvalue weighted by Crippen LogP contribution is -2.30. The molecule has 0 fully saturated rings. The van der Waals surface area contributed by atoms with Crippen LogP contribution in [0.4, 0.5) is 11.4 Å². The number of hydrogen-bond donors (Lipinski definition) is 2. The molecule has 2 N–H and O–H groups in total. The van der Waals surface area contributed by atoms with Gasteiger partial charge < -0.3 is 10.4 Å². The quantitative estimate of drug-likeness (QED) is 0.641. The van der Waals surface area contributed by atoms with E-state index in [2.05, 4.69) is 5.32 Å². The maximum atomic E-state index is 11.9. The summed E-state index contributed by atoms with van der Waals surface area (Å²) in [6.07, 6.45) is 0. The average Bonchev–Trinajstić information content (AvgIpc) is 2.38. The van der Waals surface area contributed by atoms with Gasteiger partial charge in [0.15, 0.2) is 0 Å². The van der Waals surface area contributed by atoms with E-state index in [4.69, 9.17) is 16.7 Å². The second kappa shape index (κ2) is 6.33. The molecule has 0 spiro atoms. The molecule has 1 aromatic rings. The molecule has 2 unspecified atom stereocenters. The highest BCUT2D eigenvalue weighted by Crippen LogP contribution is 2.27. The van der Waals surface area contributed by atoms with Crippen molar-refractivity contribution in [1.29, 1.82) is 0 Å². The SMILES string of the molecule is CC(C(=O)O)C(C)C(=O)Nc1cc([N+](=O)[O-])ccc1Cl. The molecule has 0 bridgehead atoms. The maximum absolute atomic E-state index is 11.9. The fourth-order valence-corrected chi connectivity index (χ4v) is 1.57. The first kappa shape index (κ1) is 15.9. The van der Waals surface area contributed by atoms with E-state index in [0.717, 1.165) is 6.07 Å². The minimum Gasteiger partial charge on any atom is -0.481 e. The lowest BCUT2D eigenvalue weighted by molar-refractivity contribution is -0.384. The number of nitrogens with zero attached hydrogens (tertiary/aromatic N) is 1. The minimum absolute atomic E-state index is 0.0790. The summed E-state index contributed by atoms with van der Waals surface area (Å²) in [5.74, 6) is -3.35. The molecule has 0 radical (unpaired) electrons. The van der Waals surface area contributed by atoms with Crippen LogP contribution in [0.3, 0.4) is 0 Å². The van der Waals surface area contributed by atoms with E-state index in [1.165, 1.54) is 26.0 Å². The number of carboxylic acid groups (broad SMARTS) is 1. The lowest BCUT2D eigenvalue weighted by Gasteiger charge is -2.16. The highest BCUT2D eigenvalue weighted by Gasteiger charge is 2.26. The predicted octanol–water partition coefficient (Wildman–Crippen LogP) is 2.54. The van der Waals surface area contributed by atoms with Gasteiger partial charge in [-0.15, -0.1) is 0 Å². The van der Waals surface area contributed by atoms with Gasteiger partial charge >= 0.3 is 5.97 Å². The van der Waals surface area contributed by atoms with Crippen molar-refractivity contribution in [1.82, 2.24) is 0 Å². The van der Waals surface area contributed by atoms with Gasteiger partial charge in [-0.25, -0.2) is 0 Å². The molecule has 0 saturated carbocycles. The number of halogens is 1. The summed E-state index contributed by atoms with van der Waals surface area (Å²) in [6.45, 7) is 2.86. The molecule has 1 rings (SSSR count). The Bertz CT molecular complexity index is 561. The van der Waals surface area contributed by atoms with Crippen molar-refractivity contribution in [3.8, 4) is 0 Å². The van der Waals surface area contributed by atoms with Crippen LogP contribution in [0.25, 0.3) is 0 Å². The van der Waals surface area contributed by atoms with Crippen LogP contribution < -0.4 is 5.32 Å². The maximum Gasteiger partial charge on any atom is 0.307 e. The number of amides is 1. The first-order valence-electron chi connectivity index (χ1n) is 5.71. The molecule has 0 aromatic heterocycles. The van der Waals surface area contributed by atoms with Gasteiger partial charge in [0.25, 0.3) is 5.69 Å². The van der Waals surface area contributed by atoms with E-state index in [1.807, 2.05) is 0 Å². The number of carboxylic acids is 1. The number of hydrogen-bond acceptors (Lipinski definition) is 4. The molecule has 2 atom stereocenters. The van der Waals surface area contributed by atoms with E-state index >= 15 is 0 Å². The highest BCUT2D eigenvalue weighted by molar-refractivity contribution is 6.33. The van der Waals surface area contributed by atoms with Crippen molar-refractivity contribution in [3.05, 3.63) is 33.3 Å². The van der Waals surface area contributed by atoms with Gasteiger partial charge in [-0.05, 0) is 6.07 Å². The van der Waals surface area contributed by atoms with Crippen molar-refractivity contribution < 1.29 is 19.6 Å². The zero-order valence-corrected chi connectivity index (χ0v) is 11.5. The van der Waals surface area contributed by atoms with Crippen LogP contribution in [0, 0.1) is 22.0 Å². The van der Waals surface area contributed by atoms with Crippen LogP contribution >= 0.6 is 11.6 Å². The lowest BCUT2D eigenvalue weighted by atomic mass is 9.95. The van der Waals surface area contributed by atoms with Gasteiger partial charge in [0.05, 0.1) is 21.6 Å². The number of nitro benzene ring substituents is 1. The van der Waals surface area contributed by atoms with Crippen LogP contribution in [0.5, 0.6) is 0 Å². The molecule has 0 heterocycles. The number of benzene rings is 1. The fraction of sp³-hybridized carbons (Fsp3) is 0.333. The largest absolute Gasteiger partial charge is 0.481 e. The van der Waals surface area contributed by atoms with Crippen LogP contribution in [0.15, 0.2) is 18.2 Å². The Hall–Kier alpha value is -2.15. The molecular weight excluding hydrogens is 288 g/mol. The normalized spacial score (nSPS) is 13.3. The minimum atomic E-state index is -1.10. The second-order valence-electron chi connectivity index (χ2n) is 4.33. The third-order valence-electron chi connectivity index (χ3n) is 2.97. The molecule has 108 valence electrons. The van der Waals surface area contributed by atoms with Crippen LogP contribution in [-0.2, 0) is 9.59 Å². The molecule has 20 heavy (non-hydrogen) atoms. The van der Waals surface area contributed by atoms with E-state index < -0.39 is 28.6 Å². The van der Waals surface area contributed by atoms with E-state index in [-0.39, 0.29) is 16.4 Å². The summed E-state index contributed by atoms with van der Waals surface area (Å²) in [5.41, 5.74) is -0.140. The molecule has 0 aliphatic heterocycles. The number of anilines is 1. The Kier molecular flexibility index (Phi) is 5.04. The van der Waals surface area contributed by atoms with Gasteiger partial charge in [0.2, 0.25) is 5.91 Å². The molecule has 1 aromatic carbocycles. The molecule has 1 amide bonds. The fourth-order valence-electron chi connectivity index (χ4n) is 1.41.